The highest BCUT2D eigenvalue weighted by atomic mass is 28.4. The second kappa shape index (κ2) is 22.6. The Hall–Kier alpha value is -1.14. The first-order valence-electron chi connectivity index (χ1n) is 13.7. The molecule has 0 spiro atoms. The van der Waals surface area contributed by atoms with Gasteiger partial charge in [-0.1, -0.05) is 123 Å². The lowest BCUT2D eigenvalue weighted by Crippen LogP contribution is -2.46. The summed E-state index contributed by atoms with van der Waals surface area (Å²) >= 11 is 0. The van der Waals surface area contributed by atoms with Gasteiger partial charge in [-0.3, -0.25) is 9.59 Å². The van der Waals surface area contributed by atoms with Crippen LogP contribution in [-0.2, 0) is 22.9 Å². The standard InChI is InChI=1S/C27H52O5Si/c1-5-8-10-12-14-16-18-20-22-24-26(28)31-33(7-3,30-4)32-27(29)25-23-21-19-17-15-13-11-9-6-2/h7H,3,5-6,8-25H2,1-2,4H3. The summed E-state index contributed by atoms with van der Waals surface area (Å²) in [5.41, 5.74) is 1.37. The Kier molecular flexibility index (Phi) is 21.9. The molecule has 0 aromatic carbocycles. The molecule has 0 radical (unpaired) electrons. The van der Waals surface area contributed by atoms with Crippen LogP contribution in [0.5, 0.6) is 0 Å². The Balaban J connectivity index is 4.00. The van der Waals surface area contributed by atoms with Gasteiger partial charge in [-0.25, -0.2) is 0 Å². The average molecular weight is 485 g/mol. The van der Waals surface area contributed by atoms with E-state index in [1.54, 1.807) is 0 Å². The SMILES string of the molecule is C=C[Si](OC)(OC(=O)CCCCCCCCCCC)OC(=O)CCCCCCCCCCC. The predicted molar refractivity (Wildman–Crippen MR) is 139 cm³/mol. The van der Waals surface area contributed by atoms with E-state index in [9.17, 15) is 9.59 Å². The van der Waals surface area contributed by atoms with E-state index in [0.717, 1.165) is 38.5 Å². The molecular formula is C27H52O5Si. The molecule has 6 heteroatoms. The van der Waals surface area contributed by atoms with Crippen molar-refractivity contribution in [3.05, 3.63) is 12.3 Å². The maximum Gasteiger partial charge on any atom is 0.664 e. The van der Waals surface area contributed by atoms with Crippen LogP contribution >= 0.6 is 0 Å². The first kappa shape index (κ1) is 31.9. The van der Waals surface area contributed by atoms with Crippen molar-refractivity contribution >= 4 is 20.7 Å². The lowest BCUT2D eigenvalue weighted by molar-refractivity contribution is -0.144. The van der Waals surface area contributed by atoms with E-state index in [1.807, 2.05) is 0 Å². The molecule has 5 nitrogen and oxygen atoms in total. The van der Waals surface area contributed by atoms with E-state index in [2.05, 4.69) is 20.4 Å². The smallest absolute Gasteiger partial charge is 0.461 e. The zero-order valence-corrected chi connectivity index (χ0v) is 23.0. The summed E-state index contributed by atoms with van der Waals surface area (Å²) in [4.78, 5) is 24.6. The number of carbonyl (C=O) groups is 2. The van der Waals surface area contributed by atoms with Crippen LogP contribution in [-0.4, -0.2) is 27.9 Å². The Morgan fingerprint density at radius 1 is 0.606 bits per heavy atom. The Labute approximate surface area is 205 Å². The number of rotatable bonds is 24. The molecule has 0 amide bonds. The van der Waals surface area contributed by atoms with Crippen LogP contribution in [0.3, 0.4) is 0 Å². The second-order valence-corrected chi connectivity index (χ2v) is 11.5. The van der Waals surface area contributed by atoms with Gasteiger partial charge < -0.3 is 13.3 Å². The maximum absolute atomic E-state index is 12.3. The van der Waals surface area contributed by atoms with Crippen molar-refractivity contribution in [1.29, 1.82) is 0 Å². The molecule has 0 heterocycles. The highest BCUT2D eigenvalue weighted by molar-refractivity contribution is 6.69. The summed E-state index contributed by atoms with van der Waals surface area (Å²) in [6, 6.07) is 0. The van der Waals surface area contributed by atoms with Gasteiger partial charge in [-0.15, -0.1) is 0 Å². The summed E-state index contributed by atoms with van der Waals surface area (Å²) in [6.45, 7) is 8.15. The quantitative estimate of drug-likeness (QED) is 0.102. The topological polar surface area (TPSA) is 61.8 Å². The average Bonchev–Trinajstić information content (AvgIpc) is 2.81. The highest BCUT2D eigenvalue weighted by Gasteiger charge is 2.45. The van der Waals surface area contributed by atoms with Crippen molar-refractivity contribution in [3.8, 4) is 0 Å². The van der Waals surface area contributed by atoms with E-state index in [-0.39, 0.29) is 11.9 Å². The molecule has 0 aliphatic carbocycles. The van der Waals surface area contributed by atoms with Gasteiger partial charge in [-0.2, -0.15) is 0 Å². The third kappa shape index (κ3) is 18.9. The third-order valence-corrected chi connectivity index (χ3v) is 8.11. The summed E-state index contributed by atoms with van der Waals surface area (Å²) in [5, 5.41) is 0. The summed E-state index contributed by atoms with van der Waals surface area (Å²) < 4.78 is 16.3. The monoisotopic (exact) mass is 484 g/mol. The minimum atomic E-state index is -3.49. The van der Waals surface area contributed by atoms with Gasteiger partial charge in [-0.05, 0) is 12.8 Å². The minimum absolute atomic E-state index is 0.317. The molecule has 0 aliphatic heterocycles. The van der Waals surface area contributed by atoms with Crippen molar-refractivity contribution in [3.63, 3.8) is 0 Å². The molecule has 33 heavy (non-hydrogen) atoms. The van der Waals surface area contributed by atoms with Gasteiger partial charge in [0.1, 0.15) is 0 Å². The van der Waals surface area contributed by atoms with Crippen LogP contribution in [0.15, 0.2) is 12.3 Å². The molecule has 0 bridgehead atoms. The van der Waals surface area contributed by atoms with Gasteiger partial charge in [0.25, 0.3) is 11.9 Å². The van der Waals surface area contributed by atoms with Crippen LogP contribution in [0.2, 0.25) is 0 Å². The minimum Gasteiger partial charge on any atom is -0.461 e. The number of hydrogen-bond acceptors (Lipinski definition) is 5. The maximum atomic E-state index is 12.3. The van der Waals surface area contributed by atoms with Gasteiger partial charge >= 0.3 is 8.80 Å². The highest BCUT2D eigenvalue weighted by Crippen LogP contribution is 2.17. The van der Waals surface area contributed by atoms with Gasteiger partial charge in [0.15, 0.2) is 0 Å². The van der Waals surface area contributed by atoms with Gasteiger partial charge in [0.2, 0.25) is 0 Å². The molecule has 0 rings (SSSR count). The van der Waals surface area contributed by atoms with Crippen molar-refractivity contribution in [1.82, 2.24) is 0 Å². The molecular weight excluding hydrogens is 432 g/mol. The summed E-state index contributed by atoms with van der Waals surface area (Å²) in [6.07, 6.45) is 21.9. The van der Waals surface area contributed by atoms with Crippen LogP contribution < -0.4 is 0 Å². The van der Waals surface area contributed by atoms with Crippen LogP contribution in [0.4, 0.5) is 0 Å². The van der Waals surface area contributed by atoms with E-state index < -0.39 is 8.80 Å². The Morgan fingerprint density at radius 3 is 1.18 bits per heavy atom. The molecule has 0 atom stereocenters. The van der Waals surface area contributed by atoms with Crippen molar-refractivity contribution in [2.75, 3.05) is 7.11 Å². The van der Waals surface area contributed by atoms with Crippen LogP contribution in [0, 0.1) is 0 Å². The molecule has 0 N–H and O–H groups in total. The largest absolute Gasteiger partial charge is 0.664 e. The number of hydrogen-bond donors (Lipinski definition) is 0. The molecule has 0 aromatic heterocycles. The van der Waals surface area contributed by atoms with Crippen molar-refractivity contribution in [2.24, 2.45) is 0 Å². The van der Waals surface area contributed by atoms with E-state index in [1.165, 1.54) is 89.9 Å². The third-order valence-electron chi connectivity index (χ3n) is 6.02. The predicted octanol–water partition coefficient (Wildman–Crippen LogP) is 8.23. The molecule has 0 aliphatic rings. The number of unbranched alkanes of at least 4 members (excludes halogenated alkanes) is 16. The summed E-state index contributed by atoms with van der Waals surface area (Å²) in [7, 11) is -2.08. The molecule has 0 saturated heterocycles. The van der Waals surface area contributed by atoms with E-state index >= 15 is 0 Å². The molecule has 0 fully saturated rings. The summed E-state index contributed by atoms with van der Waals surface area (Å²) in [5.74, 6) is -0.746. The van der Waals surface area contributed by atoms with Gasteiger partial charge in [0, 0.05) is 25.7 Å². The second-order valence-electron chi connectivity index (χ2n) is 9.12. The lowest BCUT2D eigenvalue weighted by atomic mass is 10.1. The van der Waals surface area contributed by atoms with Crippen molar-refractivity contribution in [2.45, 2.75) is 142 Å². The molecule has 0 aromatic rings. The van der Waals surface area contributed by atoms with Crippen LogP contribution in [0.25, 0.3) is 0 Å². The van der Waals surface area contributed by atoms with E-state index in [0.29, 0.717) is 12.8 Å². The van der Waals surface area contributed by atoms with Crippen molar-refractivity contribution < 1.29 is 22.9 Å². The normalized spacial score (nSPS) is 11.4. The zero-order valence-electron chi connectivity index (χ0n) is 22.0. The lowest BCUT2D eigenvalue weighted by Gasteiger charge is -2.23. The first-order valence-corrected chi connectivity index (χ1v) is 15.5. The molecule has 194 valence electrons. The molecule has 0 unspecified atom stereocenters. The fraction of sp³-hybridized carbons (Fsp3) is 0.852. The number of carbonyl (C=O) groups excluding carboxylic acids is 2. The van der Waals surface area contributed by atoms with E-state index in [4.69, 9.17) is 13.3 Å². The first-order chi connectivity index (χ1) is 16.0. The Bertz CT molecular complexity index is 459. The fourth-order valence-electron chi connectivity index (χ4n) is 3.85. The zero-order chi connectivity index (χ0) is 24.6. The van der Waals surface area contributed by atoms with Crippen LogP contribution in [0.1, 0.15) is 142 Å². The molecule has 0 saturated carbocycles. The van der Waals surface area contributed by atoms with Gasteiger partial charge in [0.05, 0.1) is 0 Å². The Morgan fingerprint density at radius 2 is 0.909 bits per heavy atom. The fourth-order valence-corrected chi connectivity index (χ4v) is 5.23.